The molecule has 0 fully saturated rings. The van der Waals surface area contributed by atoms with Crippen LogP contribution in [0.4, 0.5) is 0 Å². The molecule has 5 nitrogen and oxygen atoms in total. The summed E-state index contributed by atoms with van der Waals surface area (Å²) < 4.78 is 10.3. The fourth-order valence-electron chi connectivity index (χ4n) is 1.37. The molecule has 0 heterocycles. The van der Waals surface area contributed by atoms with Gasteiger partial charge in [-0.1, -0.05) is 0 Å². The van der Waals surface area contributed by atoms with Gasteiger partial charge < -0.3 is 14.3 Å². The molecule has 98 valence electrons. The number of carbonyl (C=O) groups is 2. The number of methoxy groups -OCH3 is 1. The van der Waals surface area contributed by atoms with E-state index in [1.54, 1.807) is 0 Å². The first-order valence-electron chi connectivity index (χ1n) is 5.38. The molecule has 1 N–H and O–H groups in total. The average molecular weight is 268 g/mol. The van der Waals surface area contributed by atoms with Gasteiger partial charge in [-0.15, -0.1) is 0 Å². The molecule has 0 unspecified atom stereocenters. The molecular weight excluding hydrogens is 252 g/mol. The van der Waals surface area contributed by atoms with Gasteiger partial charge in [-0.05, 0) is 37.8 Å². The molecule has 0 aliphatic carbocycles. The summed E-state index contributed by atoms with van der Waals surface area (Å²) in [5, 5.41) is 8.99. The van der Waals surface area contributed by atoms with Crippen LogP contribution >= 0.6 is 0 Å². The van der Waals surface area contributed by atoms with E-state index in [4.69, 9.17) is 9.53 Å². The summed E-state index contributed by atoms with van der Waals surface area (Å²) in [6.45, 7) is 5.91. The molecule has 1 aromatic rings. The maximum Gasteiger partial charge on any atom is 0.338 e. The first kappa shape index (κ1) is 14.2. The van der Waals surface area contributed by atoms with Crippen LogP contribution in [0.2, 0.25) is 19.6 Å². The molecule has 0 radical (unpaired) electrons. The van der Waals surface area contributed by atoms with Crippen LogP contribution in [-0.2, 0) is 4.74 Å². The zero-order valence-corrected chi connectivity index (χ0v) is 11.8. The van der Waals surface area contributed by atoms with E-state index in [0.717, 1.165) is 0 Å². The first-order chi connectivity index (χ1) is 8.23. The molecule has 1 aromatic carbocycles. The van der Waals surface area contributed by atoms with Crippen molar-refractivity contribution in [3.05, 3.63) is 29.3 Å². The highest BCUT2D eigenvalue weighted by Crippen LogP contribution is 2.21. The Morgan fingerprint density at radius 2 is 1.67 bits per heavy atom. The topological polar surface area (TPSA) is 72.8 Å². The molecule has 0 aromatic heterocycles. The predicted molar refractivity (Wildman–Crippen MR) is 68.7 cm³/mol. The van der Waals surface area contributed by atoms with Gasteiger partial charge in [0.2, 0.25) is 8.32 Å². The summed E-state index contributed by atoms with van der Waals surface area (Å²) in [5.41, 5.74) is 0.178. The average Bonchev–Trinajstić information content (AvgIpc) is 2.25. The lowest BCUT2D eigenvalue weighted by molar-refractivity contribution is 0.0600. The standard InChI is InChI=1S/C12H16O5Si/c1-16-12(15)9-5-8(11(13)14)6-10(7-9)17-18(2,3)4/h5-7H,1-4H3,(H,13,14). The highest BCUT2D eigenvalue weighted by Gasteiger charge is 2.19. The highest BCUT2D eigenvalue weighted by molar-refractivity contribution is 6.70. The Morgan fingerprint density at radius 1 is 1.11 bits per heavy atom. The van der Waals surface area contributed by atoms with Crippen molar-refractivity contribution < 1.29 is 23.9 Å². The number of carbonyl (C=O) groups excluding carboxylic acids is 1. The Morgan fingerprint density at radius 3 is 2.11 bits per heavy atom. The minimum atomic E-state index is -1.87. The number of carboxylic acids is 1. The maximum absolute atomic E-state index is 11.4. The summed E-state index contributed by atoms with van der Waals surface area (Å²) in [4.78, 5) is 22.4. The monoisotopic (exact) mass is 268 g/mol. The lowest BCUT2D eigenvalue weighted by atomic mass is 10.1. The number of rotatable bonds is 4. The van der Waals surface area contributed by atoms with Gasteiger partial charge in [-0.2, -0.15) is 0 Å². The van der Waals surface area contributed by atoms with Crippen LogP contribution in [0, 0.1) is 0 Å². The molecule has 1 rings (SSSR count). The third-order valence-electron chi connectivity index (χ3n) is 2.00. The normalized spacial score (nSPS) is 10.9. The number of aromatic carboxylic acids is 1. The van der Waals surface area contributed by atoms with Crippen molar-refractivity contribution in [3.63, 3.8) is 0 Å². The summed E-state index contributed by atoms with van der Waals surface area (Å²) in [7, 11) is -0.624. The number of esters is 1. The van der Waals surface area contributed by atoms with Crippen LogP contribution < -0.4 is 4.43 Å². The summed E-state index contributed by atoms with van der Waals surface area (Å²) in [6.07, 6.45) is 0. The van der Waals surface area contributed by atoms with E-state index in [1.165, 1.54) is 25.3 Å². The molecule has 0 atom stereocenters. The molecule has 0 aliphatic rings. The predicted octanol–water partition coefficient (Wildman–Crippen LogP) is 2.39. The second-order valence-corrected chi connectivity index (χ2v) is 9.19. The van der Waals surface area contributed by atoms with Crippen molar-refractivity contribution in [1.82, 2.24) is 0 Å². The van der Waals surface area contributed by atoms with Crippen molar-refractivity contribution in [1.29, 1.82) is 0 Å². The first-order valence-corrected chi connectivity index (χ1v) is 8.79. The van der Waals surface area contributed by atoms with Gasteiger partial charge in [0.25, 0.3) is 0 Å². The Hall–Kier alpha value is -1.82. The summed E-state index contributed by atoms with van der Waals surface area (Å²) in [5.74, 6) is -1.31. The Bertz CT molecular complexity index is 476. The van der Waals surface area contributed by atoms with Crippen molar-refractivity contribution >= 4 is 20.3 Å². The molecule has 0 saturated heterocycles. The van der Waals surface area contributed by atoms with Gasteiger partial charge in [0.15, 0.2) is 0 Å². The van der Waals surface area contributed by atoms with Gasteiger partial charge in [-0.3, -0.25) is 0 Å². The Labute approximate surface area is 106 Å². The largest absolute Gasteiger partial charge is 0.544 e. The van der Waals surface area contributed by atoms with E-state index in [9.17, 15) is 9.59 Å². The maximum atomic E-state index is 11.4. The van der Waals surface area contributed by atoms with Crippen LogP contribution in [0.25, 0.3) is 0 Å². The van der Waals surface area contributed by atoms with Gasteiger partial charge in [0.05, 0.1) is 18.2 Å². The number of benzene rings is 1. The summed E-state index contributed by atoms with van der Waals surface area (Å²) >= 11 is 0. The van der Waals surface area contributed by atoms with E-state index >= 15 is 0 Å². The molecule has 0 spiro atoms. The quantitative estimate of drug-likeness (QED) is 0.670. The van der Waals surface area contributed by atoms with Gasteiger partial charge in [0, 0.05) is 0 Å². The fraction of sp³-hybridized carbons (Fsp3) is 0.333. The van der Waals surface area contributed by atoms with E-state index < -0.39 is 20.3 Å². The third-order valence-corrected chi connectivity index (χ3v) is 2.85. The van der Waals surface area contributed by atoms with E-state index in [1.807, 2.05) is 19.6 Å². The number of hydrogen-bond donors (Lipinski definition) is 1. The van der Waals surface area contributed by atoms with Crippen molar-refractivity contribution in [3.8, 4) is 5.75 Å². The zero-order valence-electron chi connectivity index (χ0n) is 10.8. The van der Waals surface area contributed by atoms with Gasteiger partial charge in [0.1, 0.15) is 5.75 Å². The molecule has 0 amide bonds. The molecule has 6 heteroatoms. The van der Waals surface area contributed by atoms with Crippen LogP contribution in [0.1, 0.15) is 20.7 Å². The lowest BCUT2D eigenvalue weighted by Crippen LogP contribution is -2.29. The van der Waals surface area contributed by atoms with Gasteiger partial charge >= 0.3 is 11.9 Å². The molecule has 0 saturated carbocycles. The van der Waals surface area contributed by atoms with E-state index in [2.05, 4.69) is 4.74 Å². The van der Waals surface area contributed by atoms with Crippen molar-refractivity contribution in [2.24, 2.45) is 0 Å². The minimum absolute atomic E-state index is 0.00569. The summed E-state index contributed by atoms with van der Waals surface area (Å²) in [6, 6.07) is 4.18. The number of ether oxygens (including phenoxy) is 1. The lowest BCUT2D eigenvalue weighted by Gasteiger charge is -2.19. The van der Waals surface area contributed by atoms with Crippen molar-refractivity contribution in [2.45, 2.75) is 19.6 Å². The second kappa shape index (κ2) is 5.22. The van der Waals surface area contributed by atoms with Crippen LogP contribution in [-0.4, -0.2) is 32.5 Å². The number of hydrogen-bond acceptors (Lipinski definition) is 4. The zero-order chi connectivity index (χ0) is 13.9. The molecule has 18 heavy (non-hydrogen) atoms. The number of carboxylic acid groups (broad SMARTS) is 1. The second-order valence-electron chi connectivity index (χ2n) is 4.76. The Balaban J connectivity index is 3.22. The minimum Gasteiger partial charge on any atom is -0.544 e. The van der Waals surface area contributed by atoms with E-state index in [0.29, 0.717) is 5.75 Å². The van der Waals surface area contributed by atoms with E-state index in [-0.39, 0.29) is 11.1 Å². The van der Waals surface area contributed by atoms with Crippen LogP contribution in [0.15, 0.2) is 18.2 Å². The fourth-order valence-corrected chi connectivity index (χ4v) is 2.20. The Kier molecular flexibility index (Phi) is 4.13. The third kappa shape index (κ3) is 3.88. The van der Waals surface area contributed by atoms with Crippen molar-refractivity contribution in [2.75, 3.05) is 7.11 Å². The van der Waals surface area contributed by atoms with Crippen LogP contribution in [0.3, 0.4) is 0 Å². The SMILES string of the molecule is COC(=O)c1cc(O[Si](C)(C)C)cc(C(=O)O)c1. The molecular formula is C12H16O5Si. The van der Waals surface area contributed by atoms with Crippen LogP contribution in [0.5, 0.6) is 5.75 Å². The van der Waals surface area contributed by atoms with Gasteiger partial charge in [-0.25, -0.2) is 9.59 Å². The smallest absolute Gasteiger partial charge is 0.338 e. The molecule has 0 aliphatic heterocycles. The highest BCUT2D eigenvalue weighted by atomic mass is 28.4. The molecule has 0 bridgehead atoms.